The second-order valence-corrected chi connectivity index (χ2v) is 6.24. The number of hydrogen-bond donors (Lipinski definition) is 1. The van der Waals surface area contributed by atoms with Crippen LogP contribution in [0.2, 0.25) is 0 Å². The van der Waals surface area contributed by atoms with Gasteiger partial charge in [0.05, 0.1) is 0 Å². The standard InChI is InChI=1S/C16H28N2O/c1-11-9-17-12(2)6-7-18(10-11)14(4)16-8-13(3)19-15(16)5/h8,11-12,14,17H,6-7,9-10H2,1-5H3. The van der Waals surface area contributed by atoms with Gasteiger partial charge in [-0.15, -0.1) is 0 Å². The average molecular weight is 264 g/mol. The summed E-state index contributed by atoms with van der Waals surface area (Å²) in [6, 6.07) is 3.26. The van der Waals surface area contributed by atoms with E-state index in [0.717, 1.165) is 31.2 Å². The fourth-order valence-electron chi connectivity index (χ4n) is 3.03. The molecule has 2 heterocycles. The Morgan fingerprint density at radius 3 is 2.74 bits per heavy atom. The van der Waals surface area contributed by atoms with Gasteiger partial charge in [0, 0.05) is 30.7 Å². The topological polar surface area (TPSA) is 28.4 Å². The van der Waals surface area contributed by atoms with Crippen LogP contribution in [0.25, 0.3) is 0 Å². The van der Waals surface area contributed by atoms with Crippen LogP contribution in [0.1, 0.15) is 50.3 Å². The van der Waals surface area contributed by atoms with Crippen molar-refractivity contribution in [1.29, 1.82) is 0 Å². The van der Waals surface area contributed by atoms with Gasteiger partial charge in [-0.05, 0) is 52.6 Å². The van der Waals surface area contributed by atoms with Crippen molar-refractivity contribution in [3.05, 3.63) is 23.2 Å². The zero-order chi connectivity index (χ0) is 14.0. The lowest BCUT2D eigenvalue weighted by molar-refractivity contribution is 0.155. The predicted molar refractivity (Wildman–Crippen MR) is 79.4 cm³/mol. The Labute approximate surface area is 117 Å². The van der Waals surface area contributed by atoms with Crippen LogP contribution in [0.15, 0.2) is 10.5 Å². The zero-order valence-corrected chi connectivity index (χ0v) is 13.0. The van der Waals surface area contributed by atoms with Crippen molar-refractivity contribution in [2.45, 2.75) is 53.1 Å². The second kappa shape index (κ2) is 6.10. The Morgan fingerprint density at radius 1 is 1.37 bits per heavy atom. The van der Waals surface area contributed by atoms with Crippen molar-refractivity contribution in [1.82, 2.24) is 10.2 Å². The van der Waals surface area contributed by atoms with Crippen molar-refractivity contribution < 1.29 is 4.42 Å². The SMILES string of the molecule is Cc1cc(C(C)N2CCC(C)NCC(C)C2)c(C)o1. The van der Waals surface area contributed by atoms with Crippen LogP contribution < -0.4 is 5.32 Å². The molecule has 2 rings (SSSR count). The quantitative estimate of drug-likeness (QED) is 0.888. The third kappa shape index (κ3) is 3.61. The minimum atomic E-state index is 0.449. The maximum Gasteiger partial charge on any atom is 0.105 e. The fraction of sp³-hybridized carbons (Fsp3) is 0.750. The van der Waals surface area contributed by atoms with Gasteiger partial charge in [-0.2, -0.15) is 0 Å². The molecule has 3 unspecified atom stereocenters. The molecule has 1 aliphatic heterocycles. The molecule has 0 spiro atoms. The van der Waals surface area contributed by atoms with Crippen LogP contribution in [0, 0.1) is 19.8 Å². The maximum atomic E-state index is 5.69. The zero-order valence-electron chi connectivity index (χ0n) is 13.0. The third-order valence-corrected chi connectivity index (χ3v) is 4.29. The van der Waals surface area contributed by atoms with E-state index in [1.54, 1.807) is 0 Å². The predicted octanol–water partition coefficient (Wildman–Crippen LogP) is 3.28. The van der Waals surface area contributed by atoms with E-state index in [-0.39, 0.29) is 0 Å². The van der Waals surface area contributed by atoms with E-state index in [1.165, 1.54) is 12.0 Å². The van der Waals surface area contributed by atoms with E-state index in [0.29, 0.717) is 18.0 Å². The highest BCUT2D eigenvalue weighted by molar-refractivity contribution is 5.23. The molecule has 0 radical (unpaired) electrons. The summed E-state index contributed by atoms with van der Waals surface area (Å²) >= 11 is 0. The number of hydrogen-bond acceptors (Lipinski definition) is 3. The lowest BCUT2D eigenvalue weighted by Gasteiger charge is -2.35. The van der Waals surface area contributed by atoms with Gasteiger partial charge in [-0.1, -0.05) is 6.92 Å². The molecule has 3 nitrogen and oxygen atoms in total. The molecule has 1 aromatic heterocycles. The molecule has 108 valence electrons. The summed E-state index contributed by atoms with van der Waals surface area (Å²) in [5, 5.41) is 3.60. The van der Waals surface area contributed by atoms with E-state index in [1.807, 2.05) is 6.92 Å². The second-order valence-electron chi connectivity index (χ2n) is 6.24. The average Bonchev–Trinajstić information content (AvgIpc) is 2.68. The molecule has 1 saturated heterocycles. The summed E-state index contributed by atoms with van der Waals surface area (Å²) in [5.41, 5.74) is 1.35. The van der Waals surface area contributed by atoms with Gasteiger partial charge >= 0.3 is 0 Å². The molecule has 3 heteroatoms. The van der Waals surface area contributed by atoms with Crippen molar-refractivity contribution in [3.8, 4) is 0 Å². The van der Waals surface area contributed by atoms with E-state index < -0.39 is 0 Å². The molecule has 0 aliphatic carbocycles. The van der Waals surface area contributed by atoms with Crippen molar-refractivity contribution >= 4 is 0 Å². The van der Waals surface area contributed by atoms with Crippen LogP contribution in [0.3, 0.4) is 0 Å². The highest BCUT2D eigenvalue weighted by Crippen LogP contribution is 2.27. The summed E-state index contributed by atoms with van der Waals surface area (Å²) < 4.78 is 5.69. The Hall–Kier alpha value is -0.800. The first-order valence-corrected chi connectivity index (χ1v) is 7.51. The first kappa shape index (κ1) is 14.6. The van der Waals surface area contributed by atoms with E-state index in [2.05, 4.69) is 44.0 Å². The van der Waals surface area contributed by atoms with Crippen LogP contribution in [0.4, 0.5) is 0 Å². The molecule has 0 amide bonds. The Kier molecular flexibility index (Phi) is 4.69. The molecule has 0 bridgehead atoms. The van der Waals surface area contributed by atoms with Gasteiger partial charge in [0.25, 0.3) is 0 Å². The molecule has 1 N–H and O–H groups in total. The molecule has 0 saturated carbocycles. The minimum absolute atomic E-state index is 0.449. The van der Waals surface area contributed by atoms with E-state index in [4.69, 9.17) is 4.42 Å². The summed E-state index contributed by atoms with van der Waals surface area (Å²) in [7, 11) is 0. The molecule has 1 aliphatic rings. The fourth-order valence-corrected chi connectivity index (χ4v) is 3.03. The maximum absolute atomic E-state index is 5.69. The monoisotopic (exact) mass is 264 g/mol. The first-order chi connectivity index (χ1) is 8.97. The Bertz CT molecular complexity index is 413. The van der Waals surface area contributed by atoms with Gasteiger partial charge in [0.2, 0.25) is 0 Å². The molecule has 19 heavy (non-hydrogen) atoms. The smallest absolute Gasteiger partial charge is 0.105 e. The van der Waals surface area contributed by atoms with Crippen LogP contribution in [0.5, 0.6) is 0 Å². The van der Waals surface area contributed by atoms with Gasteiger partial charge in [0.1, 0.15) is 11.5 Å². The number of aryl methyl sites for hydroxylation is 2. The molecule has 1 fully saturated rings. The molecule has 0 aromatic carbocycles. The van der Waals surface area contributed by atoms with E-state index >= 15 is 0 Å². The molecule has 3 atom stereocenters. The number of nitrogens with one attached hydrogen (secondary N) is 1. The highest BCUT2D eigenvalue weighted by Gasteiger charge is 2.23. The van der Waals surface area contributed by atoms with Gasteiger partial charge in [0.15, 0.2) is 0 Å². The van der Waals surface area contributed by atoms with Crippen LogP contribution >= 0.6 is 0 Å². The Morgan fingerprint density at radius 2 is 2.11 bits per heavy atom. The molecule has 1 aromatic rings. The summed E-state index contributed by atoms with van der Waals surface area (Å²) in [6.45, 7) is 14.5. The Balaban J connectivity index is 2.11. The minimum Gasteiger partial charge on any atom is -0.466 e. The number of nitrogens with zero attached hydrogens (tertiary/aromatic N) is 1. The number of rotatable bonds is 2. The van der Waals surface area contributed by atoms with Gasteiger partial charge < -0.3 is 9.73 Å². The molecular formula is C16H28N2O. The lowest BCUT2D eigenvalue weighted by Crippen LogP contribution is -2.43. The van der Waals surface area contributed by atoms with Gasteiger partial charge in [-0.3, -0.25) is 4.90 Å². The highest BCUT2D eigenvalue weighted by atomic mass is 16.3. The normalized spacial score (nSPS) is 27.8. The summed E-state index contributed by atoms with van der Waals surface area (Å²) in [5.74, 6) is 2.79. The lowest BCUT2D eigenvalue weighted by atomic mass is 10.0. The summed E-state index contributed by atoms with van der Waals surface area (Å²) in [6.07, 6.45) is 1.22. The number of furan rings is 1. The van der Waals surface area contributed by atoms with Gasteiger partial charge in [-0.25, -0.2) is 0 Å². The van der Waals surface area contributed by atoms with Crippen molar-refractivity contribution in [3.63, 3.8) is 0 Å². The molecular weight excluding hydrogens is 236 g/mol. The third-order valence-electron chi connectivity index (χ3n) is 4.29. The van der Waals surface area contributed by atoms with E-state index in [9.17, 15) is 0 Å². The summed E-state index contributed by atoms with van der Waals surface area (Å²) in [4.78, 5) is 2.61. The van der Waals surface area contributed by atoms with Crippen molar-refractivity contribution in [2.75, 3.05) is 19.6 Å². The van der Waals surface area contributed by atoms with Crippen LogP contribution in [-0.4, -0.2) is 30.6 Å². The first-order valence-electron chi connectivity index (χ1n) is 7.51. The van der Waals surface area contributed by atoms with Crippen LogP contribution in [-0.2, 0) is 0 Å². The largest absolute Gasteiger partial charge is 0.466 e. The van der Waals surface area contributed by atoms with Crippen molar-refractivity contribution in [2.24, 2.45) is 5.92 Å².